The summed E-state index contributed by atoms with van der Waals surface area (Å²) in [5.41, 5.74) is 3.67. The Kier molecular flexibility index (Phi) is 7.41. The maximum absolute atomic E-state index is 12.6. The fraction of sp³-hybridized carbons (Fsp3) is 0.174. The Labute approximate surface area is 192 Å². The average molecular weight is 469 g/mol. The normalized spacial score (nSPS) is 12.1. The van der Waals surface area contributed by atoms with Crippen molar-refractivity contribution in [2.24, 2.45) is 0 Å². The van der Waals surface area contributed by atoms with E-state index in [1.165, 1.54) is 4.90 Å². The van der Waals surface area contributed by atoms with Crippen molar-refractivity contribution in [3.8, 4) is 11.1 Å². The van der Waals surface area contributed by atoms with Crippen LogP contribution in [-0.4, -0.2) is 49.9 Å². The zero-order valence-corrected chi connectivity index (χ0v) is 18.9. The fourth-order valence-electron chi connectivity index (χ4n) is 3.16. The van der Waals surface area contributed by atoms with Crippen molar-refractivity contribution in [3.63, 3.8) is 0 Å². The van der Waals surface area contributed by atoms with E-state index >= 15 is 0 Å². The number of nitrogens with zero attached hydrogens (tertiary/aromatic N) is 2. The molecular formula is C23H24N4O5S. The van der Waals surface area contributed by atoms with E-state index < -0.39 is 22.0 Å². The molecule has 2 aromatic carbocycles. The molecular weight excluding hydrogens is 444 g/mol. The molecule has 3 aromatic rings. The van der Waals surface area contributed by atoms with Gasteiger partial charge < -0.3 is 10.4 Å². The third-order valence-corrected chi connectivity index (χ3v) is 5.55. The smallest absolute Gasteiger partial charge is 0.326 e. The second-order valence-corrected chi connectivity index (χ2v) is 9.24. The summed E-state index contributed by atoms with van der Waals surface area (Å²) in [7, 11) is -1.99. The number of carboxylic acid groups (broad SMARTS) is 1. The quantitative estimate of drug-likeness (QED) is 0.466. The molecule has 10 heteroatoms. The van der Waals surface area contributed by atoms with E-state index in [4.69, 9.17) is 0 Å². The van der Waals surface area contributed by atoms with Gasteiger partial charge in [-0.15, -0.1) is 0 Å². The Hall–Kier alpha value is -3.76. The Balaban J connectivity index is 1.73. The topological polar surface area (TPSA) is 129 Å². The van der Waals surface area contributed by atoms with Gasteiger partial charge in [-0.05, 0) is 47.4 Å². The summed E-state index contributed by atoms with van der Waals surface area (Å²) in [6.07, 6.45) is 4.12. The Bertz CT molecular complexity index is 1230. The minimum Gasteiger partial charge on any atom is -0.480 e. The molecule has 1 atom stereocenters. The number of rotatable bonds is 8. The molecule has 3 N–H and O–H groups in total. The lowest BCUT2D eigenvalue weighted by Gasteiger charge is -2.19. The van der Waals surface area contributed by atoms with Crippen LogP contribution in [0.4, 0.5) is 16.2 Å². The van der Waals surface area contributed by atoms with Gasteiger partial charge in [-0.2, -0.15) is 0 Å². The number of hydrogen-bond acceptors (Lipinski definition) is 5. The molecule has 0 spiro atoms. The highest BCUT2D eigenvalue weighted by Crippen LogP contribution is 2.25. The predicted molar refractivity (Wildman–Crippen MR) is 127 cm³/mol. The summed E-state index contributed by atoms with van der Waals surface area (Å²) in [5.74, 6) is -1.25. The molecule has 0 fully saturated rings. The van der Waals surface area contributed by atoms with E-state index in [-0.39, 0.29) is 12.5 Å². The third-order valence-electron chi connectivity index (χ3n) is 4.83. The number of amides is 2. The maximum atomic E-state index is 12.6. The van der Waals surface area contributed by atoms with Crippen molar-refractivity contribution < 1.29 is 23.1 Å². The lowest BCUT2D eigenvalue weighted by molar-refractivity contribution is -0.138. The molecule has 3 rings (SSSR count). The first kappa shape index (κ1) is 23.9. The molecule has 0 bridgehead atoms. The van der Waals surface area contributed by atoms with Gasteiger partial charge in [0.1, 0.15) is 6.04 Å². The number of aromatic nitrogens is 1. The molecule has 9 nitrogen and oxygen atoms in total. The van der Waals surface area contributed by atoms with Crippen LogP contribution in [0.1, 0.15) is 5.56 Å². The van der Waals surface area contributed by atoms with Crippen LogP contribution in [0, 0.1) is 0 Å². The van der Waals surface area contributed by atoms with Crippen molar-refractivity contribution in [2.75, 3.05) is 23.5 Å². The number of carboxylic acids is 1. The molecule has 0 saturated carbocycles. The van der Waals surface area contributed by atoms with Crippen LogP contribution in [0.25, 0.3) is 11.1 Å². The van der Waals surface area contributed by atoms with Gasteiger partial charge in [0, 0.05) is 18.9 Å². The SMILES string of the molecule is CN(C(=O)Nc1cccnc1)c1cccc(-c2ccc(C[C@H](NS(C)(=O)=O)C(=O)O)cc2)c1. The van der Waals surface area contributed by atoms with Crippen molar-refractivity contribution in [2.45, 2.75) is 12.5 Å². The summed E-state index contributed by atoms with van der Waals surface area (Å²) in [6, 6.07) is 16.5. The van der Waals surface area contributed by atoms with Gasteiger partial charge in [-0.25, -0.2) is 17.9 Å². The zero-order valence-electron chi connectivity index (χ0n) is 18.1. The van der Waals surface area contributed by atoms with Gasteiger partial charge >= 0.3 is 12.0 Å². The molecule has 0 radical (unpaired) electrons. The molecule has 0 saturated heterocycles. The predicted octanol–water partition coefficient (Wildman–Crippen LogP) is 2.96. The van der Waals surface area contributed by atoms with Crippen LogP contribution in [-0.2, 0) is 21.2 Å². The number of carbonyl (C=O) groups excluding carboxylic acids is 1. The highest BCUT2D eigenvalue weighted by molar-refractivity contribution is 7.88. The summed E-state index contributed by atoms with van der Waals surface area (Å²) < 4.78 is 24.9. The highest BCUT2D eigenvalue weighted by atomic mass is 32.2. The standard InChI is InChI=1S/C23H24N4O5S/c1-27(23(30)25-19-6-4-12-24-15-19)20-7-3-5-18(14-20)17-10-8-16(9-11-17)13-21(22(28)29)26-33(2,31)32/h3-12,14-15,21,26H,13H2,1-2H3,(H,25,30)(H,28,29)/t21-/m0/s1. The number of pyridine rings is 1. The maximum Gasteiger partial charge on any atom is 0.326 e. The van der Waals surface area contributed by atoms with Gasteiger partial charge in [0.05, 0.1) is 18.1 Å². The van der Waals surface area contributed by atoms with Gasteiger partial charge in [-0.3, -0.25) is 14.7 Å². The minimum atomic E-state index is -3.65. The van der Waals surface area contributed by atoms with E-state index in [2.05, 4.69) is 15.0 Å². The van der Waals surface area contributed by atoms with E-state index in [1.807, 2.05) is 36.4 Å². The first-order valence-electron chi connectivity index (χ1n) is 9.96. The lowest BCUT2D eigenvalue weighted by atomic mass is 10.0. The molecule has 172 valence electrons. The van der Waals surface area contributed by atoms with Gasteiger partial charge in [0.25, 0.3) is 0 Å². The van der Waals surface area contributed by atoms with Crippen LogP contribution in [0.3, 0.4) is 0 Å². The summed E-state index contributed by atoms with van der Waals surface area (Å²) >= 11 is 0. The monoisotopic (exact) mass is 468 g/mol. The van der Waals surface area contributed by atoms with Crippen molar-refractivity contribution in [3.05, 3.63) is 78.6 Å². The molecule has 1 aromatic heterocycles. The number of anilines is 2. The van der Waals surface area contributed by atoms with Crippen LogP contribution >= 0.6 is 0 Å². The van der Waals surface area contributed by atoms with Crippen LogP contribution in [0.2, 0.25) is 0 Å². The Morgan fingerprint density at radius 2 is 1.79 bits per heavy atom. The highest BCUT2D eigenvalue weighted by Gasteiger charge is 2.21. The minimum absolute atomic E-state index is 0.0139. The second kappa shape index (κ2) is 10.2. The van der Waals surface area contributed by atoms with Gasteiger partial charge in [0.2, 0.25) is 10.0 Å². The summed E-state index contributed by atoms with van der Waals surface area (Å²) in [5, 5.41) is 12.1. The van der Waals surface area contributed by atoms with Gasteiger partial charge in [-0.1, -0.05) is 36.4 Å². The second-order valence-electron chi connectivity index (χ2n) is 7.46. The molecule has 0 aliphatic carbocycles. The largest absolute Gasteiger partial charge is 0.480 e. The number of sulfonamides is 1. The van der Waals surface area contributed by atoms with E-state index in [1.54, 1.807) is 43.7 Å². The summed E-state index contributed by atoms with van der Waals surface area (Å²) in [6.45, 7) is 0. The first-order valence-corrected chi connectivity index (χ1v) is 11.9. The zero-order chi connectivity index (χ0) is 24.0. The summed E-state index contributed by atoms with van der Waals surface area (Å²) in [4.78, 5) is 29.4. The number of urea groups is 1. The van der Waals surface area contributed by atoms with Crippen LogP contribution < -0.4 is 14.9 Å². The number of nitrogens with one attached hydrogen (secondary N) is 2. The van der Waals surface area contributed by atoms with Crippen molar-refractivity contribution in [1.82, 2.24) is 9.71 Å². The van der Waals surface area contributed by atoms with Crippen molar-refractivity contribution >= 4 is 33.4 Å². The molecule has 2 amide bonds. The number of carbonyl (C=O) groups is 2. The Morgan fingerprint density at radius 3 is 2.39 bits per heavy atom. The number of aliphatic carboxylic acids is 1. The van der Waals surface area contributed by atoms with Gasteiger partial charge in [0.15, 0.2) is 0 Å². The molecule has 0 unspecified atom stereocenters. The van der Waals surface area contributed by atoms with Crippen LogP contribution in [0.15, 0.2) is 73.1 Å². The molecule has 0 aliphatic heterocycles. The lowest BCUT2D eigenvalue weighted by Crippen LogP contribution is -2.41. The third kappa shape index (κ3) is 6.86. The first-order chi connectivity index (χ1) is 15.6. The molecule has 1 heterocycles. The van der Waals surface area contributed by atoms with Crippen molar-refractivity contribution in [1.29, 1.82) is 0 Å². The van der Waals surface area contributed by atoms with Crippen LogP contribution in [0.5, 0.6) is 0 Å². The fourth-order valence-corrected chi connectivity index (χ4v) is 3.86. The van der Waals surface area contributed by atoms with E-state index in [0.717, 1.165) is 17.4 Å². The molecule has 0 aliphatic rings. The molecule has 33 heavy (non-hydrogen) atoms. The number of hydrogen-bond donors (Lipinski definition) is 3. The number of benzene rings is 2. The van der Waals surface area contributed by atoms with E-state index in [0.29, 0.717) is 16.9 Å². The Morgan fingerprint density at radius 1 is 1.06 bits per heavy atom. The van der Waals surface area contributed by atoms with E-state index in [9.17, 15) is 23.1 Å². The average Bonchev–Trinajstić information content (AvgIpc) is 2.78.